The van der Waals surface area contributed by atoms with Crippen molar-refractivity contribution in [3.63, 3.8) is 0 Å². The second-order valence-electron chi connectivity index (χ2n) is 5.22. The van der Waals surface area contributed by atoms with Gasteiger partial charge in [0.25, 0.3) is 0 Å². The Morgan fingerprint density at radius 2 is 1.95 bits per heavy atom. The number of rotatable bonds is 3. The van der Waals surface area contributed by atoms with Crippen LogP contribution in [0.25, 0.3) is 0 Å². The Hall–Kier alpha value is -2.12. The lowest BCUT2D eigenvalue weighted by Gasteiger charge is -2.33. The first kappa shape index (κ1) is 14.8. The van der Waals surface area contributed by atoms with Crippen molar-refractivity contribution in [2.75, 3.05) is 49.2 Å². The molecule has 0 radical (unpaired) electrons. The van der Waals surface area contributed by atoms with E-state index in [4.69, 9.17) is 17.3 Å². The molecule has 2 aromatic rings. The molecule has 22 heavy (non-hydrogen) atoms. The number of nitrogen functional groups attached to an aromatic ring is 1. The van der Waals surface area contributed by atoms with Crippen LogP contribution in [0.5, 0.6) is 0 Å². The van der Waals surface area contributed by atoms with Gasteiger partial charge in [-0.15, -0.1) is 0 Å². The van der Waals surface area contributed by atoms with Crippen molar-refractivity contribution in [2.24, 2.45) is 0 Å². The van der Waals surface area contributed by atoms with Gasteiger partial charge in [0.05, 0.1) is 5.69 Å². The summed E-state index contributed by atoms with van der Waals surface area (Å²) in [7, 11) is 2.11. The van der Waals surface area contributed by atoms with Crippen LogP contribution in [-0.4, -0.2) is 53.1 Å². The third kappa shape index (κ3) is 3.05. The third-order valence-electron chi connectivity index (χ3n) is 3.68. The third-order valence-corrected chi connectivity index (χ3v) is 3.98. The maximum Gasteiger partial charge on any atom is 0.159 e. The molecule has 2 aromatic heterocycles. The van der Waals surface area contributed by atoms with E-state index < -0.39 is 0 Å². The standard InChI is InChI=1S/C14H18ClN7/c1-21-5-7-22(8-6-21)14-11(16)13(18-9-19-14)20-10-3-2-4-17-12(10)15/h2-4,9H,5-8,16H2,1H3,(H,18,19,20). The molecule has 0 atom stereocenters. The highest BCUT2D eigenvalue weighted by Crippen LogP contribution is 2.30. The predicted octanol–water partition coefficient (Wildman–Crippen LogP) is 1.60. The van der Waals surface area contributed by atoms with E-state index in [1.54, 1.807) is 12.3 Å². The molecule has 3 rings (SSSR count). The van der Waals surface area contributed by atoms with Gasteiger partial charge in [0.15, 0.2) is 16.8 Å². The largest absolute Gasteiger partial charge is 0.393 e. The molecule has 3 N–H and O–H groups in total. The minimum atomic E-state index is 0.377. The number of piperazine rings is 1. The van der Waals surface area contributed by atoms with Crippen molar-refractivity contribution in [1.29, 1.82) is 0 Å². The fraction of sp³-hybridized carbons (Fsp3) is 0.357. The van der Waals surface area contributed by atoms with Crippen molar-refractivity contribution in [3.8, 4) is 0 Å². The Bertz CT molecular complexity index is 655. The lowest BCUT2D eigenvalue weighted by molar-refractivity contribution is 0.312. The summed E-state index contributed by atoms with van der Waals surface area (Å²) in [6, 6.07) is 3.62. The van der Waals surface area contributed by atoms with Crippen LogP contribution >= 0.6 is 11.6 Å². The molecule has 0 unspecified atom stereocenters. The van der Waals surface area contributed by atoms with E-state index in [-0.39, 0.29) is 0 Å². The molecule has 0 bridgehead atoms. The summed E-state index contributed by atoms with van der Waals surface area (Å²) < 4.78 is 0. The molecule has 1 fully saturated rings. The van der Waals surface area contributed by atoms with Crippen LogP contribution in [0.4, 0.5) is 23.0 Å². The van der Waals surface area contributed by atoms with Crippen LogP contribution in [0.1, 0.15) is 0 Å². The zero-order valence-corrected chi connectivity index (χ0v) is 13.1. The Kier molecular flexibility index (Phi) is 4.26. The molecule has 1 aliphatic rings. The quantitative estimate of drug-likeness (QED) is 0.831. The van der Waals surface area contributed by atoms with Crippen LogP contribution in [0.3, 0.4) is 0 Å². The summed E-state index contributed by atoms with van der Waals surface area (Å²) >= 11 is 6.06. The van der Waals surface area contributed by atoms with E-state index >= 15 is 0 Å². The van der Waals surface area contributed by atoms with Gasteiger partial charge in [-0.25, -0.2) is 15.0 Å². The fourth-order valence-electron chi connectivity index (χ4n) is 2.36. The van der Waals surface area contributed by atoms with E-state index in [1.807, 2.05) is 6.07 Å². The van der Waals surface area contributed by atoms with Crippen LogP contribution in [0.2, 0.25) is 5.15 Å². The van der Waals surface area contributed by atoms with E-state index in [1.165, 1.54) is 6.33 Å². The molecule has 3 heterocycles. The van der Waals surface area contributed by atoms with E-state index in [9.17, 15) is 0 Å². The van der Waals surface area contributed by atoms with Gasteiger partial charge >= 0.3 is 0 Å². The molecule has 8 heteroatoms. The van der Waals surface area contributed by atoms with Gasteiger partial charge in [0.2, 0.25) is 0 Å². The highest BCUT2D eigenvalue weighted by Gasteiger charge is 2.19. The second kappa shape index (κ2) is 6.33. The summed E-state index contributed by atoms with van der Waals surface area (Å²) in [5.74, 6) is 1.30. The second-order valence-corrected chi connectivity index (χ2v) is 5.57. The number of nitrogens with two attached hydrogens (primary N) is 1. The number of pyridine rings is 1. The average Bonchev–Trinajstić information content (AvgIpc) is 2.52. The van der Waals surface area contributed by atoms with Crippen LogP contribution in [-0.2, 0) is 0 Å². The minimum Gasteiger partial charge on any atom is -0.393 e. The number of hydrogen-bond acceptors (Lipinski definition) is 7. The number of hydrogen-bond donors (Lipinski definition) is 2. The molecule has 116 valence electrons. The monoisotopic (exact) mass is 319 g/mol. The Labute approximate surface area is 134 Å². The first-order valence-electron chi connectivity index (χ1n) is 7.06. The van der Waals surface area contributed by atoms with E-state index in [0.29, 0.717) is 22.3 Å². The van der Waals surface area contributed by atoms with Gasteiger partial charge in [-0.1, -0.05) is 11.6 Å². The summed E-state index contributed by atoms with van der Waals surface area (Å²) in [5.41, 5.74) is 7.43. The number of aromatic nitrogens is 3. The highest BCUT2D eigenvalue weighted by molar-refractivity contribution is 6.32. The van der Waals surface area contributed by atoms with Gasteiger partial charge in [0, 0.05) is 32.4 Å². The van der Waals surface area contributed by atoms with Gasteiger partial charge < -0.3 is 20.9 Å². The maximum atomic E-state index is 6.24. The van der Waals surface area contributed by atoms with E-state index in [2.05, 4.69) is 37.1 Å². The van der Waals surface area contributed by atoms with Crippen molar-refractivity contribution in [3.05, 3.63) is 29.8 Å². The van der Waals surface area contributed by atoms with Gasteiger partial charge in [-0.2, -0.15) is 0 Å². The van der Waals surface area contributed by atoms with Gasteiger partial charge in [0.1, 0.15) is 12.0 Å². The van der Waals surface area contributed by atoms with Crippen LogP contribution < -0.4 is 16.0 Å². The molecule has 0 saturated carbocycles. The molecular formula is C14H18ClN7. The molecule has 0 spiro atoms. The first-order valence-corrected chi connectivity index (χ1v) is 7.44. The fourth-order valence-corrected chi connectivity index (χ4v) is 2.53. The number of nitrogens with zero attached hydrogens (tertiary/aromatic N) is 5. The molecular weight excluding hydrogens is 302 g/mol. The number of halogens is 1. The topological polar surface area (TPSA) is 83.2 Å². The summed E-state index contributed by atoms with van der Waals surface area (Å²) in [6.07, 6.45) is 3.14. The Morgan fingerprint density at radius 1 is 1.18 bits per heavy atom. The van der Waals surface area contributed by atoms with E-state index in [0.717, 1.165) is 32.0 Å². The zero-order chi connectivity index (χ0) is 15.5. The van der Waals surface area contributed by atoms with Crippen molar-refractivity contribution in [1.82, 2.24) is 19.9 Å². The lowest BCUT2D eigenvalue weighted by atomic mass is 10.3. The van der Waals surface area contributed by atoms with Crippen molar-refractivity contribution < 1.29 is 0 Å². The molecule has 0 aromatic carbocycles. The van der Waals surface area contributed by atoms with Gasteiger partial charge in [-0.05, 0) is 19.2 Å². The summed E-state index contributed by atoms with van der Waals surface area (Å²) in [6.45, 7) is 3.76. The van der Waals surface area contributed by atoms with Crippen LogP contribution in [0, 0.1) is 0 Å². The predicted molar refractivity (Wildman–Crippen MR) is 88.7 cm³/mol. The van der Waals surface area contributed by atoms with Crippen LogP contribution in [0.15, 0.2) is 24.7 Å². The number of likely N-dealkylation sites (N-methyl/N-ethyl adjacent to an activating group) is 1. The molecule has 7 nitrogen and oxygen atoms in total. The maximum absolute atomic E-state index is 6.24. The Morgan fingerprint density at radius 3 is 2.68 bits per heavy atom. The SMILES string of the molecule is CN1CCN(c2ncnc(Nc3cccnc3Cl)c2N)CC1. The highest BCUT2D eigenvalue weighted by atomic mass is 35.5. The van der Waals surface area contributed by atoms with Crippen molar-refractivity contribution >= 4 is 34.6 Å². The van der Waals surface area contributed by atoms with Gasteiger partial charge in [-0.3, -0.25) is 0 Å². The minimum absolute atomic E-state index is 0.377. The zero-order valence-electron chi connectivity index (χ0n) is 12.3. The lowest BCUT2D eigenvalue weighted by Crippen LogP contribution is -2.45. The number of nitrogens with one attached hydrogen (secondary N) is 1. The smallest absolute Gasteiger partial charge is 0.159 e. The molecule has 1 saturated heterocycles. The molecule has 0 aliphatic carbocycles. The summed E-state index contributed by atoms with van der Waals surface area (Å²) in [4.78, 5) is 17.0. The number of anilines is 4. The molecule has 0 amide bonds. The normalized spacial score (nSPS) is 15.8. The molecule has 1 aliphatic heterocycles. The van der Waals surface area contributed by atoms with Crippen molar-refractivity contribution in [2.45, 2.75) is 0 Å². The Balaban J connectivity index is 1.84. The first-order chi connectivity index (χ1) is 10.6. The summed E-state index contributed by atoms with van der Waals surface area (Å²) in [5, 5.41) is 3.50. The average molecular weight is 320 g/mol.